The van der Waals surface area contributed by atoms with Crippen LogP contribution < -0.4 is 15.8 Å². The summed E-state index contributed by atoms with van der Waals surface area (Å²) in [7, 11) is 0. The fraction of sp³-hybridized carbons (Fsp3) is 0.294. The van der Waals surface area contributed by atoms with Gasteiger partial charge in [0.15, 0.2) is 5.78 Å². The van der Waals surface area contributed by atoms with Crippen molar-refractivity contribution in [2.24, 2.45) is 5.73 Å². The molecule has 0 atom stereocenters. The number of rotatable bonds is 8. The molecular formula is C17H20N2O3S. The first-order valence-corrected chi connectivity index (χ1v) is 8.22. The van der Waals surface area contributed by atoms with E-state index in [-0.39, 0.29) is 24.5 Å². The maximum absolute atomic E-state index is 12.0. The summed E-state index contributed by atoms with van der Waals surface area (Å²) in [5, 5.41) is 2.77. The summed E-state index contributed by atoms with van der Waals surface area (Å²) in [6.45, 7) is 2.86. The summed E-state index contributed by atoms with van der Waals surface area (Å²) in [5.74, 6) is 0.530. The Morgan fingerprint density at radius 1 is 1.13 bits per heavy atom. The number of nitrogens with two attached hydrogens (primary N) is 1. The van der Waals surface area contributed by atoms with Gasteiger partial charge in [0.2, 0.25) is 5.91 Å². The fourth-order valence-electron chi connectivity index (χ4n) is 1.97. The predicted octanol–water partition coefficient (Wildman–Crippen LogP) is 3.00. The number of ketones is 1. The second-order valence-electron chi connectivity index (χ2n) is 5.04. The van der Waals surface area contributed by atoms with Crippen molar-refractivity contribution < 1.29 is 14.3 Å². The highest BCUT2D eigenvalue weighted by atomic mass is 32.1. The molecule has 6 heteroatoms. The Kier molecular flexibility index (Phi) is 6.31. The Morgan fingerprint density at radius 2 is 1.87 bits per heavy atom. The SMILES string of the molecule is Cc1ccc(C(=O)CCC(=O)Nc2ccc(OCCN)cc2)s1. The van der Waals surface area contributed by atoms with Gasteiger partial charge in [0.1, 0.15) is 12.4 Å². The van der Waals surface area contributed by atoms with Crippen LogP contribution in [-0.2, 0) is 4.79 Å². The predicted molar refractivity (Wildman–Crippen MR) is 92.2 cm³/mol. The van der Waals surface area contributed by atoms with Gasteiger partial charge in [-0.1, -0.05) is 0 Å². The Bertz CT molecular complexity index is 665. The van der Waals surface area contributed by atoms with Gasteiger partial charge in [-0.3, -0.25) is 9.59 Å². The Morgan fingerprint density at radius 3 is 2.48 bits per heavy atom. The lowest BCUT2D eigenvalue weighted by molar-refractivity contribution is -0.116. The molecule has 0 spiro atoms. The number of thiophene rings is 1. The monoisotopic (exact) mass is 332 g/mol. The first-order chi connectivity index (χ1) is 11.1. The van der Waals surface area contributed by atoms with Crippen molar-refractivity contribution in [2.45, 2.75) is 19.8 Å². The zero-order valence-corrected chi connectivity index (χ0v) is 13.8. The van der Waals surface area contributed by atoms with Crippen molar-refractivity contribution in [2.75, 3.05) is 18.5 Å². The van der Waals surface area contributed by atoms with Crippen molar-refractivity contribution >= 4 is 28.7 Å². The fourth-order valence-corrected chi connectivity index (χ4v) is 2.80. The molecule has 2 aromatic rings. The molecule has 0 aliphatic carbocycles. The first kappa shape index (κ1) is 17.2. The number of hydrogen-bond acceptors (Lipinski definition) is 5. The molecule has 0 unspecified atom stereocenters. The minimum atomic E-state index is -0.178. The molecule has 0 bridgehead atoms. The Balaban J connectivity index is 1.79. The number of amides is 1. The molecule has 5 nitrogen and oxygen atoms in total. The number of ether oxygens (including phenoxy) is 1. The van der Waals surface area contributed by atoms with E-state index >= 15 is 0 Å². The second kappa shape index (κ2) is 8.45. The van der Waals surface area contributed by atoms with Crippen LogP contribution in [0, 0.1) is 6.92 Å². The third-order valence-electron chi connectivity index (χ3n) is 3.12. The minimum Gasteiger partial charge on any atom is -0.492 e. The number of carbonyl (C=O) groups excluding carboxylic acids is 2. The molecule has 1 amide bonds. The highest BCUT2D eigenvalue weighted by Gasteiger charge is 2.11. The van der Waals surface area contributed by atoms with Crippen LogP contribution in [0.4, 0.5) is 5.69 Å². The zero-order valence-electron chi connectivity index (χ0n) is 13.0. The van der Waals surface area contributed by atoms with Gasteiger partial charge in [-0.25, -0.2) is 0 Å². The third-order valence-corrected chi connectivity index (χ3v) is 4.16. The van der Waals surface area contributed by atoms with Crippen LogP contribution in [0.25, 0.3) is 0 Å². The molecular weight excluding hydrogens is 312 g/mol. The average Bonchev–Trinajstić information content (AvgIpc) is 2.98. The van der Waals surface area contributed by atoms with E-state index in [2.05, 4.69) is 5.32 Å². The summed E-state index contributed by atoms with van der Waals surface area (Å²) >= 11 is 1.46. The van der Waals surface area contributed by atoms with Crippen molar-refractivity contribution in [3.63, 3.8) is 0 Å². The van der Waals surface area contributed by atoms with Gasteiger partial charge in [-0.15, -0.1) is 11.3 Å². The van der Waals surface area contributed by atoms with Crippen molar-refractivity contribution in [1.82, 2.24) is 0 Å². The number of hydrogen-bond donors (Lipinski definition) is 2. The summed E-state index contributed by atoms with van der Waals surface area (Å²) in [4.78, 5) is 25.7. The largest absolute Gasteiger partial charge is 0.492 e. The molecule has 0 radical (unpaired) electrons. The number of anilines is 1. The van der Waals surface area contributed by atoms with E-state index in [1.807, 2.05) is 13.0 Å². The van der Waals surface area contributed by atoms with Crippen molar-refractivity contribution in [3.05, 3.63) is 46.2 Å². The van der Waals surface area contributed by atoms with Crippen LogP contribution in [0.3, 0.4) is 0 Å². The molecule has 0 saturated heterocycles. The molecule has 1 aromatic carbocycles. The number of nitrogens with one attached hydrogen (secondary N) is 1. The number of benzene rings is 1. The average molecular weight is 332 g/mol. The molecule has 2 rings (SSSR count). The van der Waals surface area contributed by atoms with Gasteiger partial charge in [0, 0.05) is 30.0 Å². The van der Waals surface area contributed by atoms with E-state index < -0.39 is 0 Å². The van der Waals surface area contributed by atoms with Gasteiger partial charge >= 0.3 is 0 Å². The second-order valence-corrected chi connectivity index (χ2v) is 6.33. The van der Waals surface area contributed by atoms with Gasteiger partial charge < -0.3 is 15.8 Å². The summed E-state index contributed by atoms with van der Waals surface area (Å²) in [6, 6.07) is 10.8. The van der Waals surface area contributed by atoms with Crippen LogP contribution in [0.1, 0.15) is 27.4 Å². The molecule has 0 aliphatic heterocycles. The Labute approximate surface area is 139 Å². The molecule has 1 heterocycles. The van der Waals surface area contributed by atoms with E-state index in [0.29, 0.717) is 29.5 Å². The quantitative estimate of drug-likeness (QED) is 0.728. The molecule has 0 aliphatic rings. The highest BCUT2D eigenvalue weighted by molar-refractivity contribution is 7.14. The van der Waals surface area contributed by atoms with Crippen LogP contribution in [0.5, 0.6) is 5.75 Å². The topological polar surface area (TPSA) is 81.4 Å². The van der Waals surface area contributed by atoms with Crippen LogP contribution in [0.2, 0.25) is 0 Å². The van der Waals surface area contributed by atoms with Gasteiger partial charge in [0.25, 0.3) is 0 Å². The lowest BCUT2D eigenvalue weighted by atomic mass is 10.2. The number of aryl methyl sites for hydroxylation is 1. The van der Waals surface area contributed by atoms with E-state index in [0.717, 1.165) is 4.88 Å². The zero-order chi connectivity index (χ0) is 16.7. The van der Waals surface area contributed by atoms with Crippen LogP contribution in [-0.4, -0.2) is 24.8 Å². The van der Waals surface area contributed by atoms with Gasteiger partial charge in [0.05, 0.1) is 4.88 Å². The lowest BCUT2D eigenvalue weighted by Crippen LogP contribution is -2.13. The van der Waals surface area contributed by atoms with Crippen molar-refractivity contribution in [3.8, 4) is 5.75 Å². The van der Waals surface area contributed by atoms with Crippen LogP contribution in [0.15, 0.2) is 36.4 Å². The summed E-state index contributed by atoms with van der Waals surface area (Å²) in [6.07, 6.45) is 0.380. The van der Waals surface area contributed by atoms with Gasteiger partial charge in [-0.2, -0.15) is 0 Å². The number of Topliss-reactive ketones (excluding diaryl/α,β-unsaturated/α-hetero) is 1. The molecule has 122 valence electrons. The summed E-state index contributed by atoms with van der Waals surface area (Å²) in [5.41, 5.74) is 6.04. The minimum absolute atomic E-state index is 0.00350. The van der Waals surface area contributed by atoms with Gasteiger partial charge in [-0.05, 0) is 43.3 Å². The molecule has 3 N–H and O–H groups in total. The summed E-state index contributed by atoms with van der Waals surface area (Å²) < 4.78 is 5.36. The van der Waals surface area contributed by atoms with Crippen molar-refractivity contribution in [1.29, 1.82) is 0 Å². The van der Waals surface area contributed by atoms with E-state index in [4.69, 9.17) is 10.5 Å². The van der Waals surface area contributed by atoms with E-state index in [1.165, 1.54) is 11.3 Å². The van der Waals surface area contributed by atoms with Crippen LogP contribution >= 0.6 is 11.3 Å². The normalized spacial score (nSPS) is 10.3. The van der Waals surface area contributed by atoms with E-state index in [9.17, 15) is 9.59 Å². The third kappa shape index (κ3) is 5.50. The molecule has 23 heavy (non-hydrogen) atoms. The first-order valence-electron chi connectivity index (χ1n) is 7.41. The lowest BCUT2D eigenvalue weighted by Gasteiger charge is -2.07. The molecule has 0 fully saturated rings. The standard InChI is InChI=1S/C17H20N2O3S/c1-12-2-8-16(23-12)15(20)7-9-17(21)19-13-3-5-14(6-4-13)22-11-10-18/h2-6,8H,7,9-11,18H2,1H3,(H,19,21). The number of carbonyl (C=O) groups is 2. The van der Waals surface area contributed by atoms with E-state index in [1.54, 1.807) is 30.3 Å². The highest BCUT2D eigenvalue weighted by Crippen LogP contribution is 2.18. The molecule has 0 saturated carbocycles. The maximum Gasteiger partial charge on any atom is 0.224 e. The molecule has 1 aromatic heterocycles. The Hall–Kier alpha value is -2.18. The maximum atomic E-state index is 12.0. The smallest absolute Gasteiger partial charge is 0.224 e.